The number of hydrogen-bond acceptors (Lipinski definition) is 4. The van der Waals surface area contributed by atoms with Crippen molar-refractivity contribution in [2.75, 3.05) is 27.7 Å². The first-order valence-corrected chi connectivity index (χ1v) is 8.01. The summed E-state index contributed by atoms with van der Waals surface area (Å²) in [6, 6.07) is 4.25. The molecule has 120 valence electrons. The molecule has 0 aliphatic heterocycles. The second-order valence-corrected chi connectivity index (χ2v) is 6.54. The fraction of sp³-hybridized carbons (Fsp3) is 0.467. The highest BCUT2D eigenvalue weighted by atomic mass is 32.1. The minimum absolute atomic E-state index is 0.0766. The molecule has 0 radical (unpaired) electrons. The van der Waals surface area contributed by atoms with E-state index in [1.165, 1.54) is 4.88 Å². The Hall–Kier alpha value is -1.86. The SMILES string of the molecule is CN(Cc1cnn(C)c1)C(=O)NC[C@H](c1cccs1)N(C)C. The van der Waals surface area contributed by atoms with E-state index in [0.717, 1.165) is 5.56 Å². The maximum atomic E-state index is 12.2. The zero-order valence-corrected chi connectivity index (χ0v) is 14.3. The van der Waals surface area contributed by atoms with Gasteiger partial charge in [-0.15, -0.1) is 11.3 Å². The van der Waals surface area contributed by atoms with Crippen molar-refractivity contribution >= 4 is 17.4 Å². The van der Waals surface area contributed by atoms with Crippen LogP contribution in [0, 0.1) is 0 Å². The summed E-state index contributed by atoms with van der Waals surface area (Å²) in [6.45, 7) is 1.13. The van der Waals surface area contributed by atoms with Gasteiger partial charge in [-0.1, -0.05) is 6.07 Å². The Morgan fingerprint density at radius 3 is 2.77 bits per heavy atom. The molecule has 22 heavy (non-hydrogen) atoms. The molecule has 0 unspecified atom stereocenters. The standard InChI is InChI=1S/C15H23N5OS/c1-18(2)13(14-6-5-7-22-14)9-16-15(21)19(3)10-12-8-17-20(4)11-12/h5-8,11,13H,9-10H2,1-4H3,(H,16,21)/t13-/m1/s1. The predicted octanol–water partition coefficient (Wildman–Crippen LogP) is 1.93. The van der Waals surface area contributed by atoms with Crippen LogP contribution in [0.25, 0.3) is 0 Å². The van der Waals surface area contributed by atoms with Crippen LogP contribution in [0.4, 0.5) is 4.79 Å². The second kappa shape index (κ2) is 7.42. The van der Waals surface area contributed by atoms with Gasteiger partial charge in [-0.3, -0.25) is 4.68 Å². The van der Waals surface area contributed by atoms with Gasteiger partial charge in [-0.2, -0.15) is 5.10 Å². The van der Waals surface area contributed by atoms with Crippen molar-refractivity contribution in [2.24, 2.45) is 7.05 Å². The minimum atomic E-state index is -0.0766. The normalized spacial score (nSPS) is 12.4. The summed E-state index contributed by atoms with van der Waals surface area (Å²) in [5.74, 6) is 0. The number of urea groups is 1. The van der Waals surface area contributed by atoms with Crippen LogP contribution in [0.15, 0.2) is 29.9 Å². The first-order chi connectivity index (χ1) is 10.5. The third-order valence-electron chi connectivity index (χ3n) is 3.47. The average molecular weight is 321 g/mol. The Labute approximate surface area is 135 Å². The molecule has 0 fully saturated rings. The summed E-state index contributed by atoms with van der Waals surface area (Å²) in [7, 11) is 7.70. The zero-order valence-electron chi connectivity index (χ0n) is 13.5. The average Bonchev–Trinajstić information content (AvgIpc) is 3.10. The number of hydrogen-bond donors (Lipinski definition) is 1. The number of thiophene rings is 1. The summed E-state index contributed by atoms with van der Waals surface area (Å²) < 4.78 is 1.74. The number of carbonyl (C=O) groups is 1. The zero-order chi connectivity index (χ0) is 16.1. The third-order valence-corrected chi connectivity index (χ3v) is 4.44. The lowest BCUT2D eigenvalue weighted by Crippen LogP contribution is -2.41. The van der Waals surface area contributed by atoms with Gasteiger partial charge >= 0.3 is 6.03 Å². The molecule has 0 aromatic carbocycles. The van der Waals surface area contributed by atoms with Crippen molar-refractivity contribution in [3.05, 3.63) is 40.3 Å². The van der Waals surface area contributed by atoms with Gasteiger partial charge in [0.1, 0.15) is 0 Å². The predicted molar refractivity (Wildman–Crippen MR) is 88.8 cm³/mol. The number of nitrogens with zero attached hydrogens (tertiary/aromatic N) is 4. The molecule has 0 aliphatic rings. The maximum Gasteiger partial charge on any atom is 0.317 e. The van der Waals surface area contributed by atoms with Crippen molar-refractivity contribution in [1.29, 1.82) is 0 Å². The van der Waals surface area contributed by atoms with Crippen LogP contribution in [0.5, 0.6) is 0 Å². The number of nitrogens with one attached hydrogen (secondary N) is 1. The first kappa shape index (κ1) is 16.5. The van der Waals surface area contributed by atoms with Crippen molar-refractivity contribution in [3.63, 3.8) is 0 Å². The smallest absolute Gasteiger partial charge is 0.317 e. The van der Waals surface area contributed by atoms with Gasteiger partial charge in [0.15, 0.2) is 0 Å². The van der Waals surface area contributed by atoms with Crippen LogP contribution >= 0.6 is 11.3 Å². The summed E-state index contributed by atoms with van der Waals surface area (Å²) in [5.41, 5.74) is 1.02. The number of carbonyl (C=O) groups excluding carboxylic acids is 1. The molecule has 6 nitrogen and oxygen atoms in total. The molecule has 2 amide bonds. The van der Waals surface area contributed by atoms with E-state index in [2.05, 4.69) is 26.8 Å². The number of aromatic nitrogens is 2. The third kappa shape index (κ3) is 4.32. The highest BCUT2D eigenvalue weighted by Crippen LogP contribution is 2.22. The molecule has 1 N–H and O–H groups in total. The Kier molecular flexibility index (Phi) is 5.57. The van der Waals surface area contributed by atoms with Crippen LogP contribution in [0.1, 0.15) is 16.5 Å². The summed E-state index contributed by atoms with van der Waals surface area (Å²) in [4.78, 5) is 17.3. The van der Waals surface area contributed by atoms with Gasteiger partial charge in [-0.25, -0.2) is 4.79 Å². The topological polar surface area (TPSA) is 53.4 Å². The lowest BCUT2D eigenvalue weighted by Gasteiger charge is -2.25. The van der Waals surface area contributed by atoms with Crippen LogP contribution in [-0.2, 0) is 13.6 Å². The number of likely N-dealkylation sites (N-methyl/N-ethyl adjacent to an activating group) is 1. The molecule has 2 aromatic heterocycles. The fourth-order valence-electron chi connectivity index (χ4n) is 2.24. The van der Waals surface area contributed by atoms with Crippen LogP contribution in [0.2, 0.25) is 0 Å². The van der Waals surface area contributed by atoms with E-state index in [0.29, 0.717) is 13.1 Å². The fourth-order valence-corrected chi connectivity index (χ4v) is 3.16. The highest BCUT2D eigenvalue weighted by Gasteiger charge is 2.17. The van der Waals surface area contributed by atoms with Gasteiger partial charge in [0.25, 0.3) is 0 Å². The van der Waals surface area contributed by atoms with Gasteiger partial charge < -0.3 is 15.1 Å². The van der Waals surface area contributed by atoms with Crippen LogP contribution in [-0.4, -0.2) is 53.3 Å². The molecule has 0 bridgehead atoms. The molecule has 0 spiro atoms. The van der Waals surface area contributed by atoms with E-state index < -0.39 is 0 Å². The lowest BCUT2D eigenvalue weighted by molar-refractivity contribution is 0.201. The Morgan fingerprint density at radius 2 is 2.23 bits per heavy atom. The molecular weight excluding hydrogens is 298 g/mol. The lowest BCUT2D eigenvalue weighted by atomic mass is 10.2. The first-order valence-electron chi connectivity index (χ1n) is 7.13. The molecule has 2 rings (SSSR count). The van der Waals surface area contributed by atoms with Crippen molar-refractivity contribution < 1.29 is 4.79 Å². The van der Waals surface area contributed by atoms with Gasteiger partial charge in [-0.05, 0) is 25.5 Å². The van der Waals surface area contributed by atoms with Crippen LogP contribution < -0.4 is 5.32 Å². The Bertz CT molecular complexity index is 593. The minimum Gasteiger partial charge on any atom is -0.336 e. The summed E-state index contributed by atoms with van der Waals surface area (Å²) in [5, 5.41) is 9.17. The van der Waals surface area contributed by atoms with E-state index in [1.54, 1.807) is 34.2 Å². The monoisotopic (exact) mass is 321 g/mol. The quantitative estimate of drug-likeness (QED) is 0.884. The molecule has 2 heterocycles. The second-order valence-electron chi connectivity index (χ2n) is 5.56. The molecule has 0 aliphatic carbocycles. The molecular formula is C15H23N5OS. The number of rotatable bonds is 6. The maximum absolute atomic E-state index is 12.2. The largest absolute Gasteiger partial charge is 0.336 e. The van der Waals surface area contributed by atoms with Crippen LogP contribution in [0.3, 0.4) is 0 Å². The molecule has 2 aromatic rings. The van der Waals surface area contributed by atoms with E-state index in [1.807, 2.05) is 33.4 Å². The molecule has 0 saturated carbocycles. The van der Waals surface area contributed by atoms with E-state index >= 15 is 0 Å². The van der Waals surface area contributed by atoms with Crippen molar-refractivity contribution in [2.45, 2.75) is 12.6 Å². The summed E-state index contributed by atoms with van der Waals surface area (Å²) >= 11 is 1.71. The van der Waals surface area contributed by atoms with Gasteiger partial charge in [0.05, 0.1) is 18.8 Å². The molecule has 7 heteroatoms. The number of amides is 2. The van der Waals surface area contributed by atoms with Gasteiger partial charge in [0.2, 0.25) is 0 Å². The Morgan fingerprint density at radius 1 is 1.45 bits per heavy atom. The van der Waals surface area contributed by atoms with E-state index in [-0.39, 0.29) is 12.1 Å². The van der Waals surface area contributed by atoms with Gasteiger partial charge in [0, 0.05) is 37.3 Å². The molecule has 1 atom stereocenters. The highest BCUT2D eigenvalue weighted by molar-refractivity contribution is 7.10. The van der Waals surface area contributed by atoms with E-state index in [9.17, 15) is 4.79 Å². The number of aryl methyl sites for hydroxylation is 1. The molecule has 0 saturated heterocycles. The van der Waals surface area contributed by atoms with E-state index in [4.69, 9.17) is 0 Å². The summed E-state index contributed by atoms with van der Waals surface area (Å²) in [6.07, 6.45) is 3.69. The Balaban J connectivity index is 1.88. The van der Waals surface area contributed by atoms with Crippen molar-refractivity contribution in [1.82, 2.24) is 24.9 Å². The van der Waals surface area contributed by atoms with Crippen molar-refractivity contribution in [3.8, 4) is 0 Å².